The molecule has 30 heavy (non-hydrogen) atoms. The number of esters is 2. The highest BCUT2D eigenvalue weighted by molar-refractivity contribution is 7.18. The first-order valence-corrected chi connectivity index (χ1v) is 9.94. The normalized spacial score (nSPS) is 10.8. The van der Waals surface area contributed by atoms with E-state index in [4.69, 9.17) is 9.47 Å². The van der Waals surface area contributed by atoms with Gasteiger partial charge in [-0.2, -0.15) is 0 Å². The Balaban J connectivity index is 2.45. The lowest BCUT2D eigenvalue weighted by Gasteiger charge is -2.10. The number of benzene rings is 1. The van der Waals surface area contributed by atoms with Crippen molar-refractivity contribution in [2.75, 3.05) is 5.32 Å². The number of thiophene rings is 1. The molecule has 1 amide bonds. The van der Waals surface area contributed by atoms with Crippen molar-refractivity contribution in [3.8, 4) is 0 Å². The number of nitrogens with zero attached hydrogens (tertiary/aromatic N) is 1. The summed E-state index contributed by atoms with van der Waals surface area (Å²) in [6.45, 7) is 8.30. The van der Waals surface area contributed by atoms with Gasteiger partial charge in [0, 0.05) is 17.7 Å². The van der Waals surface area contributed by atoms with Gasteiger partial charge in [-0.15, -0.1) is 11.3 Å². The summed E-state index contributed by atoms with van der Waals surface area (Å²) in [6, 6.07) is 5.17. The molecule has 1 heterocycles. The summed E-state index contributed by atoms with van der Waals surface area (Å²) in [5.41, 5.74) is 0.157. The fourth-order valence-corrected chi connectivity index (χ4v) is 3.59. The van der Waals surface area contributed by atoms with Gasteiger partial charge in [-0.3, -0.25) is 14.9 Å². The molecule has 0 atom stereocenters. The van der Waals surface area contributed by atoms with Crippen molar-refractivity contribution in [1.82, 2.24) is 0 Å². The number of nitrogens with one attached hydrogen (secondary N) is 1. The fourth-order valence-electron chi connectivity index (χ4n) is 2.52. The van der Waals surface area contributed by atoms with Gasteiger partial charge in [-0.1, -0.05) is 6.07 Å². The molecule has 0 radical (unpaired) electrons. The summed E-state index contributed by atoms with van der Waals surface area (Å²) in [6.07, 6.45) is -0.781. The molecule has 0 fully saturated rings. The number of anilines is 1. The maximum atomic E-state index is 12.7. The van der Waals surface area contributed by atoms with Crippen molar-refractivity contribution in [1.29, 1.82) is 0 Å². The van der Waals surface area contributed by atoms with Crippen LogP contribution in [0.5, 0.6) is 0 Å². The molecule has 1 aromatic carbocycles. The molecular formula is C20H22N2O7S. The van der Waals surface area contributed by atoms with E-state index >= 15 is 0 Å². The Kier molecular flexibility index (Phi) is 7.28. The van der Waals surface area contributed by atoms with Crippen LogP contribution in [0, 0.1) is 17.0 Å². The van der Waals surface area contributed by atoms with Gasteiger partial charge in [0.25, 0.3) is 11.6 Å². The summed E-state index contributed by atoms with van der Waals surface area (Å²) in [5, 5.41) is 13.6. The van der Waals surface area contributed by atoms with Crippen molar-refractivity contribution in [3.63, 3.8) is 0 Å². The first-order chi connectivity index (χ1) is 14.0. The molecule has 0 saturated heterocycles. The van der Waals surface area contributed by atoms with Gasteiger partial charge < -0.3 is 14.8 Å². The smallest absolute Gasteiger partial charge is 0.348 e. The topological polar surface area (TPSA) is 125 Å². The minimum Gasteiger partial charge on any atom is -0.459 e. The highest BCUT2D eigenvalue weighted by Gasteiger charge is 2.28. The summed E-state index contributed by atoms with van der Waals surface area (Å²) in [7, 11) is 0. The van der Waals surface area contributed by atoms with E-state index in [0.29, 0.717) is 5.56 Å². The molecule has 2 rings (SSSR count). The lowest BCUT2D eigenvalue weighted by molar-refractivity contribution is -0.384. The number of rotatable bonds is 7. The van der Waals surface area contributed by atoms with Crippen molar-refractivity contribution in [2.45, 2.75) is 46.8 Å². The van der Waals surface area contributed by atoms with E-state index in [1.807, 2.05) is 0 Å². The molecule has 1 aromatic heterocycles. The van der Waals surface area contributed by atoms with E-state index in [1.54, 1.807) is 34.6 Å². The average Bonchev–Trinajstić information content (AvgIpc) is 2.96. The van der Waals surface area contributed by atoms with Crippen molar-refractivity contribution >= 4 is 39.9 Å². The predicted octanol–water partition coefficient (Wildman–Crippen LogP) is 4.35. The molecule has 0 bridgehead atoms. The Morgan fingerprint density at radius 3 is 2.23 bits per heavy atom. The summed E-state index contributed by atoms with van der Waals surface area (Å²) < 4.78 is 10.5. The van der Waals surface area contributed by atoms with Crippen molar-refractivity contribution < 1.29 is 28.8 Å². The largest absolute Gasteiger partial charge is 0.459 e. The van der Waals surface area contributed by atoms with Gasteiger partial charge in [-0.05, 0) is 46.2 Å². The number of hydrogen-bond donors (Lipinski definition) is 1. The third kappa shape index (κ3) is 5.41. The standard InChI is InChI=1S/C20H22N2O7S/c1-10(2)28-19(24)15-12(5)16(20(25)29-11(3)4)30-18(15)21-17(23)13-7-6-8-14(9-13)22(26)27/h6-11H,1-5H3,(H,21,23). The number of ether oxygens (including phenoxy) is 2. The van der Waals surface area contributed by atoms with Gasteiger partial charge in [-0.25, -0.2) is 9.59 Å². The van der Waals surface area contributed by atoms with Gasteiger partial charge in [0.15, 0.2) is 0 Å². The van der Waals surface area contributed by atoms with Gasteiger partial charge >= 0.3 is 11.9 Å². The van der Waals surface area contributed by atoms with E-state index in [1.165, 1.54) is 18.2 Å². The highest BCUT2D eigenvalue weighted by Crippen LogP contribution is 2.35. The first-order valence-electron chi connectivity index (χ1n) is 9.12. The molecule has 0 aliphatic carbocycles. The molecular weight excluding hydrogens is 412 g/mol. The van der Waals surface area contributed by atoms with Crippen LogP contribution < -0.4 is 5.32 Å². The van der Waals surface area contributed by atoms with E-state index in [0.717, 1.165) is 17.4 Å². The first kappa shape index (κ1) is 23.0. The second-order valence-corrected chi connectivity index (χ2v) is 7.95. The van der Waals surface area contributed by atoms with Gasteiger partial charge in [0.2, 0.25) is 0 Å². The van der Waals surface area contributed by atoms with Crippen molar-refractivity contribution in [2.24, 2.45) is 0 Å². The molecule has 9 nitrogen and oxygen atoms in total. The molecule has 0 aliphatic heterocycles. The van der Waals surface area contributed by atoms with Crippen LogP contribution in [0.2, 0.25) is 0 Å². The molecule has 0 spiro atoms. The number of carbonyl (C=O) groups is 3. The third-order valence-electron chi connectivity index (χ3n) is 3.77. The lowest BCUT2D eigenvalue weighted by atomic mass is 10.1. The van der Waals surface area contributed by atoms with Crippen molar-refractivity contribution in [3.05, 3.63) is 55.9 Å². The number of carbonyl (C=O) groups excluding carboxylic acids is 3. The molecule has 0 unspecified atom stereocenters. The highest BCUT2D eigenvalue weighted by atomic mass is 32.1. The van der Waals surface area contributed by atoms with E-state index in [2.05, 4.69) is 5.32 Å². The predicted molar refractivity (Wildman–Crippen MR) is 111 cm³/mol. The second-order valence-electron chi connectivity index (χ2n) is 6.93. The zero-order valence-electron chi connectivity index (χ0n) is 17.2. The van der Waals surface area contributed by atoms with Crippen LogP contribution in [0.25, 0.3) is 0 Å². The van der Waals surface area contributed by atoms with Crippen LogP contribution in [-0.4, -0.2) is 35.0 Å². The maximum absolute atomic E-state index is 12.7. The Morgan fingerprint density at radius 2 is 1.67 bits per heavy atom. The van der Waals surface area contributed by atoms with E-state index in [-0.39, 0.29) is 32.8 Å². The number of nitro benzene ring substituents is 1. The lowest BCUT2D eigenvalue weighted by Crippen LogP contribution is -2.17. The zero-order chi connectivity index (χ0) is 22.6. The fraction of sp³-hybridized carbons (Fsp3) is 0.350. The van der Waals surface area contributed by atoms with E-state index < -0.39 is 28.9 Å². The molecule has 160 valence electrons. The monoisotopic (exact) mass is 434 g/mol. The molecule has 2 aromatic rings. The Morgan fingerprint density at radius 1 is 1.07 bits per heavy atom. The van der Waals surface area contributed by atoms with Gasteiger partial charge in [0.1, 0.15) is 9.88 Å². The number of non-ortho nitro benzene ring substituents is 1. The Bertz CT molecular complexity index is 995. The summed E-state index contributed by atoms with van der Waals surface area (Å²) >= 11 is 0.884. The SMILES string of the molecule is Cc1c(C(=O)OC(C)C)sc(NC(=O)c2cccc([N+](=O)[O-])c2)c1C(=O)OC(C)C. The molecule has 0 saturated carbocycles. The summed E-state index contributed by atoms with van der Waals surface area (Å²) in [5.74, 6) is -1.99. The Hall–Kier alpha value is -3.27. The van der Waals surface area contributed by atoms with Gasteiger partial charge in [0.05, 0.1) is 22.7 Å². The third-order valence-corrected chi connectivity index (χ3v) is 4.96. The van der Waals surface area contributed by atoms with Crippen LogP contribution in [-0.2, 0) is 9.47 Å². The summed E-state index contributed by atoms with van der Waals surface area (Å²) in [4.78, 5) is 48.2. The number of amides is 1. The van der Waals surface area contributed by atoms with E-state index in [9.17, 15) is 24.5 Å². The maximum Gasteiger partial charge on any atom is 0.348 e. The quantitative estimate of drug-likeness (QED) is 0.390. The Labute approximate surface area is 177 Å². The van der Waals surface area contributed by atoms with Crippen LogP contribution in [0.3, 0.4) is 0 Å². The van der Waals surface area contributed by atoms with Crippen LogP contribution in [0.1, 0.15) is 63.6 Å². The number of hydrogen-bond acceptors (Lipinski definition) is 8. The number of nitro groups is 1. The van der Waals surface area contributed by atoms with Crippen LogP contribution in [0.4, 0.5) is 10.7 Å². The molecule has 10 heteroatoms. The second kappa shape index (κ2) is 9.49. The molecule has 0 aliphatic rings. The minimum atomic E-state index is -0.698. The zero-order valence-corrected chi connectivity index (χ0v) is 18.0. The molecule has 1 N–H and O–H groups in total. The minimum absolute atomic E-state index is 0.0322. The van der Waals surface area contributed by atoms with Crippen LogP contribution in [0.15, 0.2) is 24.3 Å². The average molecular weight is 434 g/mol. The van der Waals surface area contributed by atoms with Crippen LogP contribution >= 0.6 is 11.3 Å².